The molecule has 0 bridgehead atoms. The summed E-state index contributed by atoms with van der Waals surface area (Å²) >= 11 is 0. The minimum absolute atomic E-state index is 0.147. The van der Waals surface area contributed by atoms with Crippen molar-refractivity contribution in [2.24, 2.45) is 10.2 Å². The summed E-state index contributed by atoms with van der Waals surface area (Å²) in [7, 11) is -13.3. The van der Waals surface area contributed by atoms with Crippen molar-refractivity contribution >= 4 is 41.7 Å². The molecule has 0 saturated carbocycles. The maximum atomic E-state index is 12.3. The molecule has 18 heteroatoms. The highest BCUT2D eigenvalue weighted by atomic mass is 32.3. The number of nitrogens with zero attached hydrogens (tertiary/aromatic N) is 4. The van der Waals surface area contributed by atoms with Gasteiger partial charge in [-0.2, -0.15) is 26.6 Å². The van der Waals surface area contributed by atoms with Gasteiger partial charge in [0.15, 0.2) is 15.5 Å². The van der Waals surface area contributed by atoms with Gasteiger partial charge in [0.25, 0.3) is 10.1 Å². The number of hydrogen-bond acceptors (Lipinski definition) is 12. The second-order valence-electron chi connectivity index (χ2n) is 7.06. The van der Waals surface area contributed by atoms with Gasteiger partial charge in [-0.1, -0.05) is 0 Å². The van der Waals surface area contributed by atoms with Crippen LogP contribution in [0.4, 0.5) is 11.4 Å². The fraction of sp³-hybridized carbons (Fsp3) is 0.167. The van der Waals surface area contributed by atoms with E-state index in [1.807, 2.05) is 0 Å². The molecule has 3 rings (SSSR count). The Morgan fingerprint density at radius 1 is 0.917 bits per heavy atom. The van der Waals surface area contributed by atoms with Crippen LogP contribution >= 0.6 is 0 Å². The normalized spacial score (nSPS) is 12.9. The van der Waals surface area contributed by atoms with Gasteiger partial charge in [0.2, 0.25) is 5.88 Å². The van der Waals surface area contributed by atoms with Crippen molar-refractivity contribution in [1.29, 1.82) is 0 Å². The Kier molecular flexibility index (Phi) is 7.48. The Bertz CT molecular complexity index is 1640. The van der Waals surface area contributed by atoms with Crippen molar-refractivity contribution in [3.05, 3.63) is 48.2 Å². The minimum Gasteiger partial charge on any atom is -0.506 e. The summed E-state index contributed by atoms with van der Waals surface area (Å²) in [4.78, 5) is -0.729. The lowest BCUT2D eigenvalue weighted by atomic mass is 10.3. The average Bonchev–Trinajstić information content (AvgIpc) is 3.05. The summed E-state index contributed by atoms with van der Waals surface area (Å²) < 4.78 is 91.0. The lowest BCUT2D eigenvalue weighted by molar-refractivity contribution is 0.284. The van der Waals surface area contributed by atoms with Gasteiger partial charge in [0.05, 0.1) is 33.5 Å². The molecule has 0 fully saturated rings. The van der Waals surface area contributed by atoms with Crippen LogP contribution in [0.25, 0.3) is 5.69 Å². The third kappa shape index (κ3) is 6.42. The third-order valence-corrected chi connectivity index (χ3v) is 7.54. The molecule has 1 heterocycles. The quantitative estimate of drug-likeness (QED) is 0.216. The van der Waals surface area contributed by atoms with Crippen molar-refractivity contribution < 1.29 is 48.8 Å². The van der Waals surface area contributed by atoms with E-state index >= 15 is 0 Å². The van der Waals surface area contributed by atoms with Gasteiger partial charge in [-0.3, -0.25) is 9.11 Å². The number of phenolic OH excluding ortho intramolecular Hbond substituents is 1. The topological polar surface area (TPSA) is 235 Å². The van der Waals surface area contributed by atoms with Gasteiger partial charge in [-0.05, 0) is 49.4 Å². The van der Waals surface area contributed by atoms with Crippen LogP contribution in [0.3, 0.4) is 0 Å². The second-order valence-corrected chi connectivity index (χ2v) is 11.7. The van der Waals surface area contributed by atoms with Crippen LogP contribution < -0.4 is 0 Å². The van der Waals surface area contributed by atoms with Crippen molar-refractivity contribution in [3.8, 4) is 17.3 Å². The van der Waals surface area contributed by atoms with Gasteiger partial charge in [0, 0.05) is 0 Å². The van der Waals surface area contributed by atoms with Crippen LogP contribution in [-0.2, 0) is 34.5 Å². The van der Waals surface area contributed by atoms with E-state index in [0.717, 1.165) is 22.9 Å². The molecule has 0 saturated heterocycles. The number of aromatic hydroxyl groups is 2. The van der Waals surface area contributed by atoms with Gasteiger partial charge in [0.1, 0.15) is 11.4 Å². The van der Waals surface area contributed by atoms with Crippen LogP contribution in [0.15, 0.2) is 62.5 Å². The number of phenols is 1. The summed E-state index contributed by atoms with van der Waals surface area (Å²) in [6.45, 7) is 0.673. The molecule has 4 N–H and O–H groups in total. The molecule has 2 aromatic carbocycles. The Morgan fingerprint density at radius 3 is 2.11 bits per heavy atom. The summed E-state index contributed by atoms with van der Waals surface area (Å²) in [5, 5.41) is 32.0. The molecule has 36 heavy (non-hydrogen) atoms. The highest BCUT2D eigenvalue weighted by molar-refractivity contribution is 7.91. The summed E-state index contributed by atoms with van der Waals surface area (Å²) in [5.74, 6) is -1.69. The zero-order valence-electron chi connectivity index (χ0n) is 18.1. The number of hydrogen-bond donors (Lipinski definition) is 4. The molecule has 0 atom stereocenters. The summed E-state index contributed by atoms with van der Waals surface area (Å²) in [6, 6.07) is 7.75. The van der Waals surface area contributed by atoms with E-state index < -0.39 is 59.2 Å². The first-order chi connectivity index (χ1) is 16.6. The van der Waals surface area contributed by atoms with Gasteiger partial charge in [-0.15, -0.1) is 10.2 Å². The molecule has 0 aliphatic carbocycles. The highest BCUT2D eigenvalue weighted by Gasteiger charge is 2.19. The monoisotopic (exact) mass is 562 g/mol. The summed E-state index contributed by atoms with van der Waals surface area (Å²) in [6.07, 6.45) is 0. The first-order valence-corrected chi connectivity index (χ1v) is 14.0. The molecule has 0 radical (unpaired) electrons. The molecule has 15 nitrogen and oxygen atoms in total. The maximum absolute atomic E-state index is 12.3. The number of aryl methyl sites for hydroxylation is 1. The molecular weight excluding hydrogens is 544 g/mol. The second kappa shape index (κ2) is 9.91. The highest BCUT2D eigenvalue weighted by Crippen LogP contribution is 2.36. The van der Waals surface area contributed by atoms with Crippen LogP contribution in [0.5, 0.6) is 11.6 Å². The van der Waals surface area contributed by atoms with E-state index in [1.54, 1.807) is 0 Å². The first kappa shape index (κ1) is 27.2. The Balaban J connectivity index is 1.86. The average molecular weight is 563 g/mol. The Hall–Kier alpha value is -3.42. The van der Waals surface area contributed by atoms with Gasteiger partial charge in [-0.25, -0.2) is 12.6 Å². The Labute approximate surface area is 204 Å². The number of azo groups is 1. The lowest BCUT2D eigenvalue weighted by Crippen LogP contribution is -2.15. The third-order valence-electron chi connectivity index (χ3n) is 4.53. The van der Waals surface area contributed by atoms with Crippen LogP contribution in [0.1, 0.15) is 5.69 Å². The molecule has 0 aliphatic rings. The number of aromatic nitrogens is 2. The maximum Gasteiger partial charge on any atom is 0.397 e. The van der Waals surface area contributed by atoms with Crippen molar-refractivity contribution in [2.45, 2.75) is 16.7 Å². The van der Waals surface area contributed by atoms with Crippen LogP contribution in [-0.4, -0.2) is 66.7 Å². The number of rotatable bonds is 9. The fourth-order valence-electron chi connectivity index (χ4n) is 2.81. The molecule has 0 spiro atoms. The van der Waals surface area contributed by atoms with E-state index in [-0.39, 0.29) is 27.7 Å². The zero-order valence-corrected chi connectivity index (χ0v) is 20.6. The molecule has 0 amide bonds. The lowest BCUT2D eigenvalue weighted by Gasteiger charge is -2.07. The van der Waals surface area contributed by atoms with E-state index in [9.17, 15) is 35.5 Å². The van der Waals surface area contributed by atoms with Gasteiger partial charge >= 0.3 is 10.4 Å². The predicted molar refractivity (Wildman–Crippen MR) is 122 cm³/mol. The molecule has 1 aromatic heterocycles. The van der Waals surface area contributed by atoms with Crippen molar-refractivity contribution in [2.75, 3.05) is 12.4 Å². The zero-order chi connectivity index (χ0) is 26.9. The van der Waals surface area contributed by atoms with Gasteiger partial charge < -0.3 is 10.2 Å². The largest absolute Gasteiger partial charge is 0.506 e. The smallest absolute Gasteiger partial charge is 0.397 e. The predicted octanol–water partition coefficient (Wildman–Crippen LogP) is 1.85. The van der Waals surface area contributed by atoms with Crippen LogP contribution in [0, 0.1) is 6.92 Å². The number of benzene rings is 2. The molecule has 3 aromatic rings. The van der Waals surface area contributed by atoms with E-state index in [0.29, 0.717) is 0 Å². The standard InChI is InChI=1S/C18H18N4O11S3/c1-11-17(20-19-15-10-14(35(27,28)29)6-7-16(15)23)18(24)22(21-11)12-2-4-13(5-3-12)34(25,26)9-8-33-36(30,31)32/h2-7,10,23-24H,8-9H2,1H3,(H,27,28,29)(H,30,31,32)/b20-19+. The molecular formula is C18H18N4O11S3. The SMILES string of the molecule is Cc1nn(-c2ccc(S(=O)(=O)CCOS(=O)(=O)O)cc2)c(O)c1/N=N/c1cc(S(=O)(=O)O)ccc1O. The molecule has 194 valence electrons. The van der Waals surface area contributed by atoms with Crippen molar-refractivity contribution in [3.63, 3.8) is 0 Å². The van der Waals surface area contributed by atoms with E-state index in [4.69, 9.17) is 9.11 Å². The molecule has 0 unspecified atom stereocenters. The minimum atomic E-state index is -4.78. The van der Waals surface area contributed by atoms with E-state index in [2.05, 4.69) is 19.5 Å². The first-order valence-electron chi connectivity index (χ1n) is 9.54. The number of sulfone groups is 1. The fourth-order valence-corrected chi connectivity index (χ4v) is 4.80. The Morgan fingerprint density at radius 2 is 1.53 bits per heavy atom. The molecule has 0 aliphatic heterocycles. The summed E-state index contributed by atoms with van der Waals surface area (Å²) in [5.41, 5.74) is -0.0860. The van der Waals surface area contributed by atoms with Crippen molar-refractivity contribution in [1.82, 2.24) is 9.78 Å². The van der Waals surface area contributed by atoms with E-state index in [1.165, 1.54) is 31.2 Å². The van der Waals surface area contributed by atoms with Crippen LogP contribution in [0.2, 0.25) is 0 Å².